The molecule has 0 aromatic heterocycles. The highest BCUT2D eigenvalue weighted by atomic mass is 35.5. The first kappa shape index (κ1) is 21.2. The third-order valence-electron chi connectivity index (χ3n) is 5.58. The first-order chi connectivity index (χ1) is 15.1. The summed E-state index contributed by atoms with van der Waals surface area (Å²) in [5.41, 5.74) is 4.07. The summed E-state index contributed by atoms with van der Waals surface area (Å²) < 4.78 is 11.1. The number of hydrogen-bond donors (Lipinski definition) is 1. The van der Waals surface area contributed by atoms with E-state index in [2.05, 4.69) is 22.3 Å². The second-order valence-electron chi connectivity index (χ2n) is 7.47. The Morgan fingerprint density at radius 1 is 1.03 bits per heavy atom. The summed E-state index contributed by atoms with van der Waals surface area (Å²) in [5, 5.41) is 3.46. The molecule has 6 heteroatoms. The molecule has 0 saturated carbocycles. The molecule has 3 aromatic rings. The molecule has 1 atom stereocenters. The van der Waals surface area contributed by atoms with Crippen molar-refractivity contribution in [2.75, 3.05) is 32.6 Å². The number of anilines is 1. The SMILES string of the molecule is COc1cc2c(cc1OC)[C@@H](c1ccccc1)N(CC(=O)Nc1ccccc1Cl)CC2. The maximum absolute atomic E-state index is 12.9. The molecule has 0 radical (unpaired) electrons. The van der Waals surface area contributed by atoms with Gasteiger partial charge < -0.3 is 14.8 Å². The highest BCUT2D eigenvalue weighted by molar-refractivity contribution is 6.33. The molecule has 5 nitrogen and oxygen atoms in total. The Bertz CT molecular complexity index is 1070. The van der Waals surface area contributed by atoms with Gasteiger partial charge in [0, 0.05) is 6.54 Å². The quantitative estimate of drug-likeness (QED) is 0.594. The van der Waals surface area contributed by atoms with Crippen molar-refractivity contribution in [3.8, 4) is 11.5 Å². The molecule has 0 saturated heterocycles. The molecule has 1 aliphatic heterocycles. The molecular formula is C25H25ClN2O3. The largest absolute Gasteiger partial charge is 0.493 e. The summed E-state index contributed by atoms with van der Waals surface area (Å²) in [6.07, 6.45) is 0.818. The molecule has 0 fully saturated rings. The third-order valence-corrected chi connectivity index (χ3v) is 5.91. The Kier molecular flexibility index (Phi) is 6.44. The van der Waals surface area contributed by atoms with E-state index in [9.17, 15) is 4.79 Å². The topological polar surface area (TPSA) is 50.8 Å². The third kappa shape index (κ3) is 4.53. The van der Waals surface area contributed by atoms with E-state index in [0.717, 1.165) is 29.8 Å². The average molecular weight is 437 g/mol. The van der Waals surface area contributed by atoms with Gasteiger partial charge in [-0.05, 0) is 47.4 Å². The monoisotopic (exact) mass is 436 g/mol. The van der Waals surface area contributed by atoms with E-state index in [-0.39, 0.29) is 18.5 Å². The summed E-state index contributed by atoms with van der Waals surface area (Å²) in [4.78, 5) is 15.1. The Hall–Kier alpha value is -3.02. The smallest absolute Gasteiger partial charge is 0.238 e. The maximum atomic E-state index is 12.9. The highest BCUT2D eigenvalue weighted by Crippen LogP contribution is 2.40. The van der Waals surface area contributed by atoms with Crippen LogP contribution in [-0.2, 0) is 11.2 Å². The van der Waals surface area contributed by atoms with E-state index >= 15 is 0 Å². The highest BCUT2D eigenvalue weighted by Gasteiger charge is 2.31. The normalized spacial score (nSPS) is 15.8. The fourth-order valence-electron chi connectivity index (χ4n) is 4.13. The van der Waals surface area contributed by atoms with Crippen molar-refractivity contribution in [3.63, 3.8) is 0 Å². The van der Waals surface area contributed by atoms with Crippen LogP contribution >= 0.6 is 11.6 Å². The van der Waals surface area contributed by atoms with Gasteiger partial charge in [-0.15, -0.1) is 0 Å². The number of carbonyl (C=O) groups is 1. The van der Waals surface area contributed by atoms with Crippen molar-refractivity contribution in [1.29, 1.82) is 0 Å². The fraction of sp³-hybridized carbons (Fsp3) is 0.240. The van der Waals surface area contributed by atoms with Gasteiger partial charge in [0.1, 0.15) is 0 Å². The van der Waals surface area contributed by atoms with Gasteiger partial charge in [0.05, 0.1) is 37.5 Å². The van der Waals surface area contributed by atoms with Crippen molar-refractivity contribution in [2.45, 2.75) is 12.5 Å². The van der Waals surface area contributed by atoms with Gasteiger partial charge in [-0.3, -0.25) is 9.69 Å². The van der Waals surface area contributed by atoms with Crippen LogP contribution in [0.3, 0.4) is 0 Å². The minimum atomic E-state index is -0.0991. The van der Waals surface area contributed by atoms with Gasteiger partial charge in [-0.1, -0.05) is 54.1 Å². The number of hydrogen-bond acceptors (Lipinski definition) is 4. The van der Waals surface area contributed by atoms with Gasteiger partial charge in [-0.2, -0.15) is 0 Å². The molecule has 160 valence electrons. The van der Waals surface area contributed by atoms with Crippen LogP contribution < -0.4 is 14.8 Å². The predicted octanol–water partition coefficient (Wildman–Crippen LogP) is 4.94. The lowest BCUT2D eigenvalue weighted by atomic mass is 9.87. The Morgan fingerprint density at radius 2 is 1.71 bits per heavy atom. The van der Waals surface area contributed by atoms with E-state index in [0.29, 0.717) is 16.5 Å². The lowest BCUT2D eigenvalue weighted by molar-refractivity contribution is -0.117. The minimum absolute atomic E-state index is 0.0678. The zero-order valence-electron chi connectivity index (χ0n) is 17.6. The first-order valence-corrected chi connectivity index (χ1v) is 10.6. The number of fused-ring (bicyclic) bond motifs is 1. The zero-order valence-corrected chi connectivity index (χ0v) is 18.4. The van der Waals surface area contributed by atoms with Gasteiger partial charge in [0.15, 0.2) is 11.5 Å². The molecule has 4 rings (SSSR count). The molecule has 0 unspecified atom stereocenters. The Labute approximate surface area is 187 Å². The number of carbonyl (C=O) groups excluding carboxylic acids is 1. The number of benzene rings is 3. The number of rotatable bonds is 6. The minimum Gasteiger partial charge on any atom is -0.493 e. The van der Waals surface area contributed by atoms with Gasteiger partial charge in [-0.25, -0.2) is 0 Å². The summed E-state index contributed by atoms with van der Waals surface area (Å²) in [6, 6.07) is 21.5. The lowest BCUT2D eigenvalue weighted by Gasteiger charge is -2.37. The van der Waals surface area contributed by atoms with Crippen LogP contribution in [0, 0.1) is 0 Å². The number of methoxy groups -OCH3 is 2. The summed E-state index contributed by atoms with van der Waals surface area (Å²) >= 11 is 6.21. The van der Waals surface area contributed by atoms with Crippen LogP contribution in [0.1, 0.15) is 22.7 Å². The predicted molar refractivity (Wildman–Crippen MR) is 123 cm³/mol. The average Bonchev–Trinajstić information content (AvgIpc) is 2.80. The zero-order chi connectivity index (χ0) is 21.8. The van der Waals surface area contributed by atoms with Crippen LogP contribution in [-0.4, -0.2) is 38.1 Å². The van der Waals surface area contributed by atoms with E-state index in [1.165, 1.54) is 5.56 Å². The van der Waals surface area contributed by atoms with Crippen molar-refractivity contribution >= 4 is 23.2 Å². The van der Waals surface area contributed by atoms with E-state index < -0.39 is 0 Å². The van der Waals surface area contributed by atoms with Crippen molar-refractivity contribution < 1.29 is 14.3 Å². The number of para-hydroxylation sites is 1. The molecule has 3 aromatic carbocycles. The summed E-state index contributed by atoms with van der Waals surface area (Å²) in [6.45, 7) is 0.997. The lowest BCUT2D eigenvalue weighted by Crippen LogP contribution is -2.41. The molecule has 0 bridgehead atoms. The summed E-state index contributed by atoms with van der Waals surface area (Å²) in [7, 11) is 3.28. The van der Waals surface area contributed by atoms with Crippen LogP contribution in [0.4, 0.5) is 5.69 Å². The molecular weight excluding hydrogens is 412 g/mol. The number of ether oxygens (including phenoxy) is 2. The van der Waals surface area contributed by atoms with E-state index in [4.69, 9.17) is 21.1 Å². The van der Waals surface area contributed by atoms with Crippen molar-refractivity contribution in [3.05, 3.63) is 88.4 Å². The number of nitrogens with one attached hydrogen (secondary N) is 1. The second kappa shape index (κ2) is 9.41. The standard InChI is InChI=1S/C25H25ClN2O3/c1-30-22-14-18-12-13-28(16-24(29)27-21-11-7-6-10-20(21)26)25(17-8-4-3-5-9-17)19(18)15-23(22)31-2/h3-11,14-15,25H,12-13,16H2,1-2H3,(H,27,29)/t25-/m1/s1. The fourth-order valence-corrected chi connectivity index (χ4v) is 4.31. The molecule has 1 N–H and O–H groups in total. The summed E-state index contributed by atoms with van der Waals surface area (Å²) in [5.74, 6) is 1.31. The van der Waals surface area contributed by atoms with Gasteiger partial charge in [0.25, 0.3) is 0 Å². The maximum Gasteiger partial charge on any atom is 0.238 e. The van der Waals surface area contributed by atoms with E-state index in [1.807, 2.05) is 42.5 Å². The molecule has 31 heavy (non-hydrogen) atoms. The molecule has 1 heterocycles. The van der Waals surface area contributed by atoms with Crippen LogP contribution in [0.5, 0.6) is 11.5 Å². The number of amides is 1. The van der Waals surface area contributed by atoms with Gasteiger partial charge >= 0.3 is 0 Å². The van der Waals surface area contributed by atoms with Crippen LogP contribution in [0.25, 0.3) is 0 Å². The number of halogens is 1. The van der Waals surface area contributed by atoms with Crippen LogP contribution in [0.15, 0.2) is 66.7 Å². The molecule has 1 aliphatic rings. The second-order valence-corrected chi connectivity index (χ2v) is 7.87. The molecule has 1 amide bonds. The van der Waals surface area contributed by atoms with E-state index in [1.54, 1.807) is 26.4 Å². The molecule has 0 aliphatic carbocycles. The Morgan fingerprint density at radius 3 is 2.42 bits per heavy atom. The molecule has 0 spiro atoms. The Balaban J connectivity index is 1.66. The van der Waals surface area contributed by atoms with Crippen molar-refractivity contribution in [2.24, 2.45) is 0 Å². The van der Waals surface area contributed by atoms with Crippen LogP contribution in [0.2, 0.25) is 5.02 Å². The van der Waals surface area contributed by atoms with Crippen molar-refractivity contribution in [1.82, 2.24) is 4.90 Å². The van der Waals surface area contributed by atoms with Gasteiger partial charge in [0.2, 0.25) is 5.91 Å². The number of nitrogens with zero attached hydrogens (tertiary/aromatic N) is 1. The first-order valence-electron chi connectivity index (χ1n) is 10.2.